The van der Waals surface area contributed by atoms with Gasteiger partial charge in [0.05, 0.1) is 0 Å². The van der Waals surface area contributed by atoms with Crippen LogP contribution >= 0.6 is 0 Å². The Bertz CT molecular complexity index is 71.1. The van der Waals surface area contributed by atoms with E-state index in [0.717, 1.165) is 0 Å². The van der Waals surface area contributed by atoms with Crippen LogP contribution in [0.4, 0.5) is 0 Å². The monoisotopic (exact) mass is 144 g/mol. The standard InChI is InChI=1S/C8H20Si/c1-6-7-9(5)8(2,3)4/h9H,6-7H2,1-5H3. The summed E-state index contributed by atoms with van der Waals surface area (Å²) in [7, 11) is -0.390. The van der Waals surface area contributed by atoms with E-state index in [2.05, 4.69) is 34.2 Å². The maximum atomic E-state index is 2.48. The highest BCUT2D eigenvalue weighted by atomic mass is 28.3. The van der Waals surface area contributed by atoms with Crippen LogP contribution in [0.25, 0.3) is 0 Å². The third kappa shape index (κ3) is 3.74. The molecule has 0 aromatic heterocycles. The van der Waals surface area contributed by atoms with Gasteiger partial charge in [0.1, 0.15) is 0 Å². The molecule has 1 unspecified atom stereocenters. The van der Waals surface area contributed by atoms with Crippen molar-refractivity contribution < 1.29 is 0 Å². The summed E-state index contributed by atoms with van der Waals surface area (Å²) in [4.78, 5) is 0. The van der Waals surface area contributed by atoms with E-state index in [4.69, 9.17) is 0 Å². The van der Waals surface area contributed by atoms with Crippen molar-refractivity contribution >= 4 is 8.80 Å². The second-order valence-corrected chi connectivity index (χ2v) is 8.17. The van der Waals surface area contributed by atoms with Gasteiger partial charge in [0.25, 0.3) is 0 Å². The Balaban J connectivity index is 3.59. The van der Waals surface area contributed by atoms with Crippen LogP contribution in [0.3, 0.4) is 0 Å². The lowest BCUT2D eigenvalue weighted by Gasteiger charge is -2.25. The van der Waals surface area contributed by atoms with E-state index in [9.17, 15) is 0 Å². The van der Waals surface area contributed by atoms with E-state index in [1.165, 1.54) is 12.5 Å². The lowest BCUT2D eigenvalue weighted by atomic mass is 10.2. The molecular formula is C8H20Si. The van der Waals surface area contributed by atoms with Crippen LogP contribution < -0.4 is 0 Å². The summed E-state index contributed by atoms with van der Waals surface area (Å²) in [6.07, 6.45) is 1.38. The molecule has 0 aromatic rings. The molecule has 1 heteroatoms. The number of hydrogen-bond donors (Lipinski definition) is 0. The van der Waals surface area contributed by atoms with Gasteiger partial charge < -0.3 is 0 Å². The largest absolute Gasteiger partial charge is 0.0716 e. The van der Waals surface area contributed by atoms with Crippen LogP contribution in [-0.2, 0) is 0 Å². The van der Waals surface area contributed by atoms with Crippen LogP contribution in [0, 0.1) is 0 Å². The molecule has 0 aliphatic carbocycles. The predicted molar refractivity (Wildman–Crippen MR) is 47.8 cm³/mol. The average molecular weight is 144 g/mol. The summed E-state index contributed by atoms with van der Waals surface area (Å²) < 4.78 is 0. The smallest absolute Gasteiger partial charge is 0.0391 e. The van der Waals surface area contributed by atoms with Gasteiger partial charge in [-0.05, 0) is 5.04 Å². The van der Waals surface area contributed by atoms with Crippen LogP contribution in [-0.4, -0.2) is 8.80 Å². The van der Waals surface area contributed by atoms with E-state index in [-0.39, 0.29) is 0 Å². The van der Waals surface area contributed by atoms with Crippen molar-refractivity contribution in [2.75, 3.05) is 0 Å². The van der Waals surface area contributed by atoms with Crippen molar-refractivity contribution in [3.05, 3.63) is 0 Å². The zero-order valence-corrected chi connectivity index (χ0v) is 8.65. The van der Waals surface area contributed by atoms with Crippen molar-refractivity contribution in [1.82, 2.24) is 0 Å². The van der Waals surface area contributed by atoms with Crippen LogP contribution in [0.5, 0.6) is 0 Å². The van der Waals surface area contributed by atoms with Gasteiger partial charge in [0.15, 0.2) is 0 Å². The Kier molecular flexibility index (Phi) is 3.48. The molecule has 0 rings (SSSR count). The van der Waals surface area contributed by atoms with E-state index < -0.39 is 8.80 Å². The van der Waals surface area contributed by atoms with E-state index in [1.54, 1.807) is 0 Å². The molecule has 56 valence electrons. The third-order valence-electron chi connectivity index (χ3n) is 2.20. The first-order chi connectivity index (χ1) is 3.98. The third-order valence-corrected chi connectivity index (χ3v) is 6.60. The Morgan fingerprint density at radius 1 is 1.22 bits per heavy atom. The van der Waals surface area contributed by atoms with Crippen LogP contribution in [0.2, 0.25) is 17.6 Å². The lowest BCUT2D eigenvalue weighted by Crippen LogP contribution is -2.20. The fourth-order valence-electron chi connectivity index (χ4n) is 0.866. The minimum Gasteiger partial charge on any atom is -0.0716 e. The number of hydrogen-bond acceptors (Lipinski definition) is 0. The van der Waals surface area contributed by atoms with Gasteiger partial charge in [0, 0.05) is 8.80 Å². The lowest BCUT2D eigenvalue weighted by molar-refractivity contribution is 0.729. The first-order valence-corrected chi connectivity index (χ1v) is 6.53. The Morgan fingerprint density at radius 3 is 1.78 bits per heavy atom. The van der Waals surface area contributed by atoms with Crippen molar-refractivity contribution in [2.24, 2.45) is 0 Å². The Labute approximate surface area is 61.3 Å². The minimum absolute atomic E-state index is 0.390. The summed E-state index contributed by atoms with van der Waals surface area (Å²) in [5, 5.41) is 0.649. The number of rotatable bonds is 2. The van der Waals surface area contributed by atoms with E-state index in [1.807, 2.05) is 0 Å². The molecule has 0 aromatic carbocycles. The SMILES string of the molecule is CCC[SiH](C)C(C)(C)C. The van der Waals surface area contributed by atoms with Gasteiger partial charge in [-0.1, -0.05) is 46.7 Å². The molecule has 0 aliphatic heterocycles. The highest BCUT2D eigenvalue weighted by Crippen LogP contribution is 2.29. The molecule has 0 amide bonds. The molecule has 0 saturated carbocycles. The summed E-state index contributed by atoms with van der Waals surface area (Å²) in [6, 6.07) is 1.50. The van der Waals surface area contributed by atoms with Crippen molar-refractivity contribution in [2.45, 2.75) is 51.7 Å². The zero-order chi connectivity index (χ0) is 7.49. The van der Waals surface area contributed by atoms with Crippen LogP contribution in [0.1, 0.15) is 34.1 Å². The normalized spacial score (nSPS) is 15.7. The zero-order valence-electron chi connectivity index (χ0n) is 7.49. The molecule has 0 spiro atoms. The fourth-order valence-corrected chi connectivity index (χ4v) is 2.60. The van der Waals surface area contributed by atoms with Crippen molar-refractivity contribution in [1.29, 1.82) is 0 Å². The van der Waals surface area contributed by atoms with Gasteiger partial charge >= 0.3 is 0 Å². The topological polar surface area (TPSA) is 0 Å². The van der Waals surface area contributed by atoms with Crippen molar-refractivity contribution in [3.8, 4) is 0 Å². The first kappa shape index (κ1) is 9.22. The van der Waals surface area contributed by atoms with Crippen molar-refractivity contribution in [3.63, 3.8) is 0 Å². The molecule has 0 heterocycles. The highest BCUT2D eigenvalue weighted by molar-refractivity contribution is 6.60. The van der Waals surface area contributed by atoms with Crippen LogP contribution in [0.15, 0.2) is 0 Å². The molecule has 0 bridgehead atoms. The Morgan fingerprint density at radius 2 is 1.67 bits per heavy atom. The first-order valence-electron chi connectivity index (χ1n) is 3.98. The maximum Gasteiger partial charge on any atom is 0.0391 e. The maximum absolute atomic E-state index is 2.48. The van der Waals surface area contributed by atoms with E-state index >= 15 is 0 Å². The molecule has 0 N–H and O–H groups in total. The molecular weight excluding hydrogens is 124 g/mol. The predicted octanol–water partition coefficient (Wildman–Crippen LogP) is 3.05. The fraction of sp³-hybridized carbons (Fsp3) is 1.00. The van der Waals surface area contributed by atoms with Gasteiger partial charge in [-0.3, -0.25) is 0 Å². The summed E-state index contributed by atoms with van der Waals surface area (Å²) >= 11 is 0. The van der Waals surface area contributed by atoms with E-state index in [0.29, 0.717) is 5.04 Å². The summed E-state index contributed by atoms with van der Waals surface area (Å²) in [5.41, 5.74) is 0. The van der Waals surface area contributed by atoms with Gasteiger partial charge in [-0.25, -0.2) is 0 Å². The van der Waals surface area contributed by atoms with Gasteiger partial charge in [0.2, 0.25) is 0 Å². The molecule has 0 aliphatic rings. The molecule has 9 heavy (non-hydrogen) atoms. The van der Waals surface area contributed by atoms with Gasteiger partial charge in [-0.15, -0.1) is 0 Å². The molecule has 0 fully saturated rings. The second kappa shape index (κ2) is 3.40. The molecule has 1 atom stereocenters. The summed E-state index contributed by atoms with van der Waals surface area (Å²) in [6.45, 7) is 11.9. The molecule has 0 nitrogen and oxygen atoms in total. The molecule has 0 saturated heterocycles. The summed E-state index contributed by atoms with van der Waals surface area (Å²) in [5.74, 6) is 0. The quantitative estimate of drug-likeness (QED) is 0.523. The highest BCUT2D eigenvalue weighted by Gasteiger charge is 2.19. The Hall–Kier alpha value is 0.217. The minimum atomic E-state index is -0.390. The molecule has 0 radical (unpaired) electrons. The second-order valence-electron chi connectivity index (χ2n) is 4.06. The average Bonchev–Trinajstić information content (AvgIpc) is 1.64. The van der Waals surface area contributed by atoms with Gasteiger partial charge in [-0.2, -0.15) is 0 Å².